The molecule has 1 amide bonds. The molecule has 0 bridgehead atoms. The highest BCUT2D eigenvalue weighted by atomic mass is 16.7. The second-order valence-corrected chi connectivity index (χ2v) is 7.62. The van der Waals surface area contributed by atoms with E-state index in [0.29, 0.717) is 19.8 Å². The van der Waals surface area contributed by atoms with E-state index >= 15 is 0 Å². The van der Waals surface area contributed by atoms with Gasteiger partial charge in [0.15, 0.2) is 6.29 Å². The van der Waals surface area contributed by atoms with Gasteiger partial charge in [-0.25, -0.2) is 0 Å². The predicted octanol–water partition coefficient (Wildman–Crippen LogP) is 3.38. The molecule has 2 aliphatic heterocycles. The maximum atomic E-state index is 13.2. The van der Waals surface area contributed by atoms with Gasteiger partial charge in [0.05, 0.1) is 18.8 Å². The first kappa shape index (κ1) is 18.3. The van der Waals surface area contributed by atoms with Crippen LogP contribution in [0, 0.1) is 19.8 Å². The van der Waals surface area contributed by atoms with Gasteiger partial charge in [-0.05, 0) is 38.3 Å². The number of nitrogens with zero attached hydrogens (tertiary/aromatic N) is 2. The Morgan fingerprint density at radius 1 is 1.15 bits per heavy atom. The summed E-state index contributed by atoms with van der Waals surface area (Å²) in [6.45, 7) is 7.76. The number of ether oxygens (including phenoxy) is 2. The van der Waals surface area contributed by atoms with Gasteiger partial charge in [0, 0.05) is 36.9 Å². The monoisotopic (exact) mass is 368 g/mol. The lowest BCUT2D eigenvalue weighted by Crippen LogP contribution is -2.44. The van der Waals surface area contributed by atoms with Crippen molar-refractivity contribution < 1.29 is 14.3 Å². The molecule has 2 saturated heterocycles. The van der Waals surface area contributed by atoms with E-state index in [4.69, 9.17) is 9.47 Å². The Hall–Kier alpha value is -2.11. The summed E-state index contributed by atoms with van der Waals surface area (Å²) in [5, 5.41) is 0. The van der Waals surface area contributed by atoms with Crippen LogP contribution in [0.4, 0.5) is 0 Å². The van der Waals surface area contributed by atoms with Crippen molar-refractivity contribution in [3.05, 3.63) is 58.9 Å². The first-order valence-electron chi connectivity index (χ1n) is 9.86. The average molecular weight is 368 g/mol. The Morgan fingerprint density at radius 2 is 1.89 bits per heavy atom. The molecule has 5 heteroatoms. The van der Waals surface area contributed by atoms with Crippen LogP contribution in [0.5, 0.6) is 0 Å². The molecule has 1 unspecified atom stereocenters. The summed E-state index contributed by atoms with van der Waals surface area (Å²) in [5.41, 5.74) is 4.22. The van der Waals surface area contributed by atoms with Crippen molar-refractivity contribution in [2.75, 3.05) is 26.3 Å². The summed E-state index contributed by atoms with van der Waals surface area (Å²) in [6, 6.07) is 12.4. The summed E-state index contributed by atoms with van der Waals surface area (Å²) < 4.78 is 13.6. The van der Waals surface area contributed by atoms with Gasteiger partial charge < -0.3 is 18.9 Å². The average Bonchev–Trinajstić information content (AvgIpc) is 3.33. The number of carbonyl (C=O) groups excluding carboxylic acids is 1. The smallest absolute Gasteiger partial charge is 0.255 e. The van der Waals surface area contributed by atoms with E-state index in [9.17, 15) is 4.79 Å². The molecule has 2 fully saturated rings. The normalized spacial score (nSPS) is 21.0. The molecule has 1 aromatic carbocycles. The summed E-state index contributed by atoms with van der Waals surface area (Å²) >= 11 is 0. The van der Waals surface area contributed by atoms with Crippen molar-refractivity contribution in [2.24, 2.45) is 5.92 Å². The zero-order valence-electron chi connectivity index (χ0n) is 16.2. The molecule has 2 aliphatic rings. The number of piperidine rings is 1. The van der Waals surface area contributed by atoms with Crippen molar-refractivity contribution in [1.82, 2.24) is 9.47 Å². The van der Waals surface area contributed by atoms with Gasteiger partial charge in [0.1, 0.15) is 0 Å². The zero-order chi connectivity index (χ0) is 18.8. The van der Waals surface area contributed by atoms with Gasteiger partial charge in [-0.15, -0.1) is 0 Å². The highest BCUT2D eigenvalue weighted by Crippen LogP contribution is 2.27. The summed E-state index contributed by atoms with van der Waals surface area (Å²) in [4.78, 5) is 15.2. The molecule has 4 rings (SSSR count). The Labute approximate surface area is 160 Å². The number of amides is 1. The number of benzene rings is 1. The van der Waals surface area contributed by atoms with Crippen molar-refractivity contribution in [3.63, 3.8) is 0 Å². The van der Waals surface area contributed by atoms with Crippen LogP contribution in [0.1, 0.15) is 40.2 Å². The van der Waals surface area contributed by atoms with Gasteiger partial charge in [-0.3, -0.25) is 4.79 Å². The number of likely N-dealkylation sites (tertiary alicyclic amines) is 1. The molecule has 5 nitrogen and oxygen atoms in total. The molecule has 0 spiro atoms. The van der Waals surface area contributed by atoms with Crippen LogP contribution >= 0.6 is 0 Å². The van der Waals surface area contributed by atoms with Crippen LogP contribution in [0.3, 0.4) is 0 Å². The largest absolute Gasteiger partial charge is 0.350 e. The second kappa shape index (κ2) is 7.87. The molecule has 1 aromatic heterocycles. The van der Waals surface area contributed by atoms with Crippen LogP contribution < -0.4 is 0 Å². The zero-order valence-corrected chi connectivity index (χ0v) is 16.2. The number of aromatic nitrogens is 1. The molecule has 2 aromatic rings. The van der Waals surface area contributed by atoms with E-state index in [1.165, 1.54) is 5.56 Å². The van der Waals surface area contributed by atoms with Crippen LogP contribution in [0.15, 0.2) is 36.4 Å². The van der Waals surface area contributed by atoms with Crippen LogP contribution in [-0.2, 0) is 16.0 Å². The van der Waals surface area contributed by atoms with E-state index in [1.807, 2.05) is 24.0 Å². The Balaban J connectivity index is 1.51. The minimum atomic E-state index is -0.147. The fraction of sp³-hybridized carbons (Fsp3) is 0.500. The van der Waals surface area contributed by atoms with E-state index in [0.717, 1.165) is 42.9 Å². The lowest BCUT2D eigenvalue weighted by Gasteiger charge is -2.34. The number of hydrogen-bond acceptors (Lipinski definition) is 3. The molecule has 27 heavy (non-hydrogen) atoms. The lowest BCUT2D eigenvalue weighted by atomic mass is 9.96. The van der Waals surface area contributed by atoms with Gasteiger partial charge in [-0.2, -0.15) is 0 Å². The number of hydrogen-bond donors (Lipinski definition) is 0. The first-order chi connectivity index (χ1) is 13.1. The van der Waals surface area contributed by atoms with Crippen molar-refractivity contribution >= 4 is 5.91 Å². The third-order valence-electron chi connectivity index (χ3n) is 5.77. The number of carbonyl (C=O) groups is 1. The maximum Gasteiger partial charge on any atom is 0.255 e. The Kier molecular flexibility index (Phi) is 5.32. The van der Waals surface area contributed by atoms with Gasteiger partial charge >= 0.3 is 0 Å². The van der Waals surface area contributed by atoms with Crippen LogP contribution in [0.2, 0.25) is 0 Å². The SMILES string of the molecule is Cc1cc(C(=O)N2CCCC(C3OCCO3)C2)c(C)n1Cc1ccccc1. The Bertz CT molecular complexity index is 793. The van der Waals surface area contributed by atoms with Crippen LogP contribution in [-0.4, -0.2) is 48.0 Å². The van der Waals surface area contributed by atoms with Gasteiger partial charge in [-0.1, -0.05) is 30.3 Å². The maximum absolute atomic E-state index is 13.2. The minimum absolute atomic E-state index is 0.130. The van der Waals surface area contributed by atoms with Crippen LogP contribution in [0.25, 0.3) is 0 Å². The third-order valence-corrected chi connectivity index (χ3v) is 5.77. The molecule has 0 radical (unpaired) electrons. The lowest BCUT2D eigenvalue weighted by molar-refractivity contribution is -0.0969. The number of rotatable bonds is 4. The summed E-state index contributed by atoms with van der Waals surface area (Å²) in [7, 11) is 0. The molecular formula is C22H28N2O3. The quantitative estimate of drug-likeness (QED) is 0.831. The molecule has 1 atom stereocenters. The fourth-order valence-electron chi connectivity index (χ4n) is 4.26. The Morgan fingerprint density at radius 3 is 2.63 bits per heavy atom. The molecule has 144 valence electrons. The minimum Gasteiger partial charge on any atom is -0.350 e. The fourth-order valence-corrected chi connectivity index (χ4v) is 4.26. The molecule has 3 heterocycles. The van der Waals surface area contributed by atoms with Crippen molar-refractivity contribution in [3.8, 4) is 0 Å². The topological polar surface area (TPSA) is 43.7 Å². The second-order valence-electron chi connectivity index (χ2n) is 7.62. The highest BCUT2D eigenvalue weighted by molar-refractivity contribution is 5.95. The van der Waals surface area contributed by atoms with Crippen molar-refractivity contribution in [2.45, 2.75) is 39.5 Å². The molecule has 0 saturated carbocycles. The van der Waals surface area contributed by atoms with Crippen molar-refractivity contribution in [1.29, 1.82) is 0 Å². The first-order valence-corrected chi connectivity index (χ1v) is 9.86. The van der Waals surface area contributed by atoms with E-state index in [1.54, 1.807) is 0 Å². The summed E-state index contributed by atoms with van der Waals surface area (Å²) in [5.74, 6) is 0.406. The number of aryl methyl sites for hydroxylation is 1. The van der Waals surface area contributed by atoms with E-state index in [2.05, 4.69) is 35.8 Å². The highest BCUT2D eigenvalue weighted by Gasteiger charge is 2.33. The standard InChI is InChI=1S/C22H28N2O3/c1-16-13-20(17(2)24(16)14-18-7-4-3-5-8-18)21(25)23-10-6-9-19(15-23)22-26-11-12-27-22/h3-5,7-8,13,19,22H,6,9-12,14-15H2,1-2H3. The molecule has 0 aliphatic carbocycles. The molecule has 0 N–H and O–H groups in total. The summed E-state index contributed by atoms with van der Waals surface area (Å²) in [6.07, 6.45) is 1.91. The van der Waals surface area contributed by atoms with Gasteiger partial charge in [0.25, 0.3) is 5.91 Å². The van der Waals surface area contributed by atoms with E-state index in [-0.39, 0.29) is 18.1 Å². The predicted molar refractivity (Wildman–Crippen MR) is 104 cm³/mol. The van der Waals surface area contributed by atoms with E-state index < -0.39 is 0 Å². The molecular weight excluding hydrogens is 340 g/mol. The van der Waals surface area contributed by atoms with Gasteiger partial charge in [0.2, 0.25) is 0 Å². The third kappa shape index (κ3) is 3.80.